The molecule has 0 aromatic heterocycles. The maximum atomic E-state index is 12.5. The van der Waals surface area contributed by atoms with Crippen molar-refractivity contribution in [2.24, 2.45) is 0 Å². The maximum absolute atomic E-state index is 12.5. The van der Waals surface area contributed by atoms with Gasteiger partial charge in [-0.3, -0.25) is 9.59 Å². The molecule has 1 aliphatic rings. The van der Waals surface area contributed by atoms with Crippen molar-refractivity contribution in [1.82, 2.24) is 4.90 Å². The van der Waals surface area contributed by atoms with E-state index in [0.717, 1.165) is 20.9 Å². The summed E-state index contributed by atoms with van der Waals surface area (Å²) in [6, 6.07) is 5.79. The first-order valence-corrected chi connectivity index (χ1v) is 7.84. The molecule has 6 heteroatoms. The largest absolute Gasteiger partial charge is 0.481 e. The Kier molecular flexibility index (Phi) is 4.83. The van der Waals surface area contributed by atoms with Crippen LogP contribution in [0.3, 0.4) is 0 Å². The van der Waals surface area contributed by atoms with Gasteiger partial charge in [-0.1, -0.05) is 0 Å². The first-order chi connectivity index (χ1) is 8.99. The Hall–Kier alpha value is -0.630. The van der Waals surface area contributed by atoms with Crippen LogP contribution in [0.4, 0.5) is 0 Å². The van der Waals surface area contributed by atoms with E-state index in [1.165, 1.54) is 0 Å². The van der Waals surface area contributed by atoms with E-state index < -0.39 is 5.97 Å². The average molecular weight is 438 g/mol. The Morgan fingerprint density at radius 2 is 2.11 bits per heavy atom. The minimum absolute atomic E-state index is 0.0101. The number of carbonyl (C=O) groups is 2. The van der Waals surface area contributed by atoms with Gasteiger partial charge in [0.05, 0.1) is 12.0 Å². The molecular weight excluding hydrogens is 425 g/mol. The number of carboxylic acids is 1. The van der Waals surface area contributed by atoms with Crippen LogP contribution in [-0.2, 0) is 4.79 Å². The smallest absolute Gasteiger partial charge is 0.305 e. The van der Waals surface area contributed by atoms with Crippen molar-refractivity contribution in [3.63, 3.8) is 0 Å². The monoisotopic (exact) mass is 437 g/mol. The summed E-state index contributed by atoms with van der Waals surface area (Å²) in [4.78, 5) is 24.9. The standard InChI is InChI=1S/C13H13BrINO3/c14-11-4-1-8(15)7-10(11)13(19)16(9-2-3-9)6-5-12(17)18/h1,4,7,9H,2-3,5-6H2,(H,17,18). The second kappa shape index (κ2) is 6.21. The van der Waals surface area contributed by atoms with E-state index in [-0.39, 0.29) is 24.9 Å². The van der Waals surface area contributed by atoms with Crippen molar-refractivity contribution in [3.8, 4) is 0 Å². The van der Waals surface area contributed by atoms with Gasteiger partial charge in [-0.2, -0.15) is 0 Å². The number of carbonyl (C=O) groups excluding carboxylic acids is 1. The third-order valence-electron chi connectivity index (χ3n) is 2.97. The van der Waals surface area contributed by atoms with E-state index in [1.807, 2.05) is 18.2 Å². The van der Waals surface area contributed by atoms with Crippen LogP contribution in [0.1, 0.15) is 29.6 Å². The molecule has 1 aromatic carbocycles. The van der Waals surface area contributed by atoms with Crippen molar-refractivity contribution in [2.45, 2.75) is 25.3 Å². The summed E-state index contributed by atoms with van der Waals surface area (Å²) in [6.07, 6.45) is 1.92. The number of nitrogens with zero attached hydrogens (tertiary/aromatic N) is 1. The number of carboxylic acid groups (broad SMARTS) is 1. The summed E-state index contributed by atoms with van der Waals surface area (Å²) < 4.78 is 1.73. The van der Waals surface area contributed by atoms with Crippen molar-refractivity contribution in [3.05, 3.63) is 31.8 Å². The summed E-state index contributed by atoms with van der Waals surface area (Å²) in [5, 5.41) is 8.77. The van der Waals surface area contributed by atoms with Gasteiger partial charge in [0.25, 0.3) is 5.91 Å². The molecule has 2 rings (SSSR count). The van der Waals surface area contributed by atoms with Crippen molar-refractivity contribution >= 4 is 50.4 Å². The Morgan fingerprint density at radius 1 is 1.42 bits per heavy atom. The van der Waals surface area contributed by atoms with E-state index in [2.05, 4.69) is 38.5 Å². The molecule has 0 atom stereocenters. The Labute approximate surface area is 133 Å². The molecule has 19 heavy (non-hydrogen) atoms. The summed E-state index contributed by atoms with van der Waals surface area (Å²) in [7, 11) is 0. The van der Waals surface area contributed by atoms with Crippen molar-refractivity contribution in [2.75, 3.05) is 6.54 Å². The Morgan fingerprint density at radius 3 is 2.68 bits per heavy atom. The third-order valence-corrected chi connectivity index (χ3v) is 4.34. The minimum Gasteiger partial charge on any atom is -0.481 e. The Balaban J connectivity index is 2.18. The zero-order chi connectivity index (χ0) is 14.0. The number of hydrogen-bond acceptors (Lipinski definition) is 2. The number of rotatable bonds is 5. The highest BCUT2D eigenvalue weighted by Gasteiger charge is 2.33. The predicted octanol–water partition coefficient (Wildman–Crippen LogP) is 3.13. The summed E-state index contributed by atoms with van der Waals surface area (Å²) >= 11 is 5.54. The molecule has 1 saturated carbocycles. The second-order valence-electron chi connectivity index (χ2n) is 4.50. The van der Waals surface area contributed by atoms with E-state index in [9.17, 15) is 9.59 Å². The third kappa shape index (κ3) is 3.92. The predicted molar refractivity (Wildman–Crippen MR) is 83.2 cm³/mol. The SMILES string of the molecule is O=C(O)CCN(C(=O)c1cc(I)ccc1Br)C1CC1. The van der Waals surface area contributed by atoms with Gasteiger partial charge in [-0.05, 0) is 69.6 Å². The lowest BCUT2D eigenvalue weighted by Gasteiger charge is -2.22. The number of amides is 1. The van der Waals surface area contributed by atoms with Crippen LogP contribution in [0.25, 0.3) is 0 Å². The number of benzene rings is 1. The summed E-state index contributed by atoms with van der Waals surface area (Å²) in [6.45, 7) is 0.275. The molecule has 0 spiro atoms. The lowest BCUT2D eigenvalue weighted by molar-refractivity contribution is -0.137. The zero-order valence-corrected chi connectivity index (χ0v) is 13.8. The van der Waals surface area contributed by atoms with Crippen molar-refractivity contribution in [1.29, 1.82) is 0 Å². The molecule has 1 fully saturated rings. The second-order valence-corrected chi connectivity index (χ2v) is 6.60. The molecule has 102 valence electrons. The fourth-order valence-corrected chi connectivity index (χ4v) is 2.78. The molecule has 1 N–H and O–H groups in total. The van der Waals surface area contributed by atoms with Crippen LogP contribution in [0.2, 0.25) is 0 Å². The molecule has 0 saturated heterocycles. The highest BCUT2D eigenvalue weighted by atomic mass is 127. The van der Waals surface area contributed by atoms with Gasteiger partial charge in [-0.25, -0.2) is 0 Å². The highest BCUT2D eigenvalue weighted by Crippen LogP contribution is 2.30. The highest BCUT2D eigenvalue weighted by molar-refractivity contribution is 14.1. The molecule has 0 aliphatic heterocycles. The van der Waals surface area contributed by atoms with Gasteiger partial charge in [0.15, 0.2) is 0 Å². The number of hydrogen-bond donors (Lipinski definition) is 1. The van der Waals surface area contributed by atoms with Crippen LogP contribution in [-0.4, -0.2) is 34.5 Å². The Bertz CT molecular complexity index is 517. The summed E-state index contributed by atoms with van der Waals surface area (Å²) in [5.41, 5.74) is 0.601. The fourth-order valence-electron chi connectivity index (χ4n) is 1.87. The molecule has 0 bridgehead atoms. The van der Waals surface area contributed by atoms with Gasteiger partial charge >= 0.3 is 5.97 Å². The number of aliphatic carboxylic acids is 1. The van der Waals surface area contributed by atoms with E-state index >= 15 is 0 Å². The summed E-state index contributed by atoms with van der Waals surface area (Å²) in [5.74, 6) is -0.964. The first-order valence-electron chi connectivity index (χ1n) is 5.97. The molecule has 1 aliphatic carbocycles. The van der Waals surface area contributed by atoms with Gasteiger partial charge in [0.2, 0.25) is 0 Å². The number of halogens is 2. The molecule has 0 unspecified atom stereocenters. The van der Waals surface area contributed by atoms with E-state index in [1.54, 1.807) is 4.90 Å². The molecule has 1 aromatic rings. The topological polar surface area (TPSA) is 57.6 Å². The molecule has 4 nitrogen and oxygen atoms in total. The van der Waals surface area contributed by atoms with Crippen LogP contribution >= 0.6 is 38.5 Å². The zero-order valence-electron chi connectivity index (χ0n) is 10.1. The van der Waals surface area contributed by atoms with Crippen molar-refractivity contribution < 1.29 is 14.7 Å². The van der Waals surface area contributed by atoms with Crippen LogP contribution in [0.15, 0.2) is 22.7 Å². The average Bonchev–Trinajstić information content (AvgIpc) is 3.16. The van der Waals surface area contributed by atoms with Gasteiger partial charge in [0.1, 0.15) is 0 Å². The molecule has 0 radical (unpaired) electrons. The van der Waals surface area contributed by atoms with Crippen LogP contribution < -0.4 is 0 Å². The van der Waals surface area contributed by atoms with Crippen LogP contribution in [0.5, 0.6) is 0 Å². The fraction of sp³-hybridized carbons (Fsp3) is 0.385. The van der Waals surface area contributed by atoms with Gasteiger partial charge in [-0.15, -0.1) is 0 Å². The molecular formula is C13H13BrINO3. The maximum Gasteiger partial charge on any atom is 0.305 e. The van der Waals surface area contributed by atoms with Gasteiger partial charge < -0.3 is 10.0 Å². The van der Waals surface area contributed by atoms with Gasteiger partial charge in [0, 0.05) is 20.6 Å². The molecule has 0 heterocycles. The van der Waals surface area contributed by atoms with E-state index in [0.29, 0.717) is 5.56 Å². The molecule has 1 amide bonds. The quantitative estimate of drug-likeness (QED) is 0.720. The lowest BCUT2D eigenvalue weighted by Crippen LogP contribution is -2.35. The normalized spacial score (nSPS) is 14.2. The van der Waals surface area contributed by atoms with E-state index in [4.69, 9.17) is 5.11 Å². The van der Waals surface area contributed by atoms with Crippen LogP contribution in [0, 0.1) is 3.57 Å². The lowest BCUT2D eigenvalue weighted by atomic mass is 10.2. The minimum atomic E-state index is -0.875. The first kappa shape index (κ1) is 14.8.